The van der Waals surface area contributed by atoms with Gasteiger partial charge in [0, 0.05) is 43.3 Å². The van der Waals surface area contributed by atoms with Gasteiger partial charge in [-0.1, -0.05) is 18.2 Å². The maximum absolute atomic E-state index is 12.7. The van der Waals surface area contributed by atoms with Gasteiger partial charge in [0.1, 0.15) is 5.82 Å². The van der Waals surface area contributed by atoms with E-state index in [1.807, 2.05) is 31.2 Å². The van der Waals surface area contributed by atoms with Crippen LogP contribution in [0.4, 0.5) is 0 Å². The first-order valence-corrected chi connectivity index (χ1v) is 11.0. The molecule has 2 heterocycles. The number of aromatic amines is 1. The Morgan fingerprint density at radius 3 is 2.77 bits per heavy atom. The molecule has 0 unspecified atom stereocenters. The molecule has 30 heavy (non-hydrogen) atoms. The Kier molecular flexibility index (Phi) is 7.04. The van der Waals surface area contributed by atoms with E-state index in [0.29, 0.717) is 13.1 Å². The molecular formula is C21H24ClN5O2S. The molecule has 158 valence electrons. The lowest BCUT2D eigenvalue weighted by Gasteiger charge is -2.15. The highest BCUT2D eigenvalue weighted by Gasteiger charge is 2.17. The first-order chi connectivity index (χ1) is 14.0. The van der Waals surface area contributed by atoms with Crippen molar-refractivity contribution >= 4 is 44.2 Å². The minimum Gasteiger partial charge on any atom is -0.342 e. The summed E-state index contributed by atoms with van der Waals surface area (Å²) < 4.78 is 28.1. The summed E-state index contributed by atoms with van der Waals surface area (Å²) in [5, 5.41) is 5.04. The molecule has 4 aromatic rings. The van der Waals surface area contributed by atoms with Crippen LogP contribution < -0.4 is 10.0 Å². The average Bonchev–Trinajstić information content (AvgIpc) is 3.13. The molecule has 4 rings (SSSR count). The number of hydrogen-bond donors (Lipinski definition) is 3. The van der Waals surface area contributed by atoms with Gasteiger partial charge in [0.05, 0.1) is 15.9 Å². The molecule has 3 N–H and O–H groups in total. The van der Waals surface area contributed by atoms with Crippen molar-refractivity contribution in [3.8, 4) is 0 Å². The Morgan fingerprint density at radius 1 is 1.10 bits per heavy atom. The molecule has 1 atom stereocenters. The van der Waals surface area contributed by atoms with E-state index in [2.05, 4.69) is 25.0 Å². The SMILES string of the molecule is C[C@H](CNCCc1nc2ccccc2[nH]1)NS(=O)(=O)c1ccc2cnccc2c1.Cl. The maximum Gasteiger partial charge on any atom is 0.240 e. The van der Waals surface area contributed by atoms with Crippen LogP contribution in [0.15, 0.2) is 65.8 Å². The van der Waals surface area contributed by atoms with Crippen LogP contribution in [-0.2, 0) is 16.4 Å². The largest absolute Gasteiger partial charge is 0.342 e. The molecule has 0 aliphatic heterocycles. The van der Waals surface area contributed by atoms with Gasteiger partial charge in [-0.05, 0) is 42.6 Å². The number of pyridine rings is 1. The zero-order valence-electron chi connectivity index (χ0n) is 16.5. The third-order valence-electron chi connectivity index (χ3n) is 4.71. The second-order valence-electron chi connectivity index (χ2n) is 7.06. The van der Waals surface area contributed by atoms with Crippen molar-refractivity contribution in [3.05, 3.63) is 66.7 Å². The quantitative estimate of drug-likeness (QED) is 0.362. The summed E-state index contributed by atoms with van der Waals surface area (Å²) in [6.07, 6.45) is 4.11. The fourth-order valence-electron chi connectivity index (χ4n) is 3.25. The van der Waals surface area contributed by atoms with Gasteiger partial charge in [0.25, 0.3) is 0 Å². The molecule has 0 radical (unpaired) electrons. The van der Waals surface area contributed by atoms with E-state index in [4.69, 9.17) is 0 Å². The van der Waals surface area contributed by atoms with Crippen molar-refractivity contribution in [2.45, 2.75) is 24.3 Å². The fraction of sp³-hybridized carbons (Fsp3) is 0.238. The number of hydrogen-bond acceptors (Lipinski definition) is 5. The van der Waals surface area contributed by atoms with Gasteiger partial charge in [0.2, 0.25) is 10.0 Å². The molecule has 0 amide bonds. The summed E-state index contributed by atoms with van der Waals surface area (Å²) in [6.45, 7) is 3.07. The Hall–Kier alpha value is -2.52. The zero-order valence-corrected chi connectivity index (χ0v) is 18.1. The summed E-state index contributed by atoms with van der Waals surface area (Å²) in [5.74, 6) is 0.914. The van der Waals surface area contributed by atoms with E-state index < -0.39 is 10.0 Å². The number of nitrogens with zero attached hydrogens (tertiary/aromatic N) is 2. The first kappa shape index (κ1) is 22.2. The molecule has 0 spiro atoms. The van der Waals surface area contributed by atoms with Crippen LogP contribution in [0.3, 0.4) is 0 Å². The third-order valence-corrected chi connectivity index (χ3v) is 6.29. The van der Waals surface area contributed by atoms with Crippen LogP contribution in [0.2, 0.25) is 0 Å². The Bertz CT molecular complexity index is 1210. The lowest BCUT2D eigenvalue weighted by molar-refractivity contribution is 0.536. The van der Waals surface area contributed by atoms with E-state index in [1.54, 1.807) is 36.7 Å². The Labute approximate surface area is 181 Å². The van der Waals surface area contributed by atoms with Crippen LogP contribution in [-0.4, -0.2) is 42.5 Å². The van der Waals surface area contributed by atoms with Crippen molar-refractivity contribution < 1.29 is 8.42 Å². The highest BCUT2D eigenvalue weighted by Crippen LogP contribution is 2.18. The highest BCUT2D eigenvalue weighted by atomic mass is 35.5. The summed E-state index contributed by atoms with van der Waals surface area (Å²) in [6, 6.07) is 14.5. The minimum atomic E-state index is -3.59. The number of halogens is 1. The lowest BCUT2D eigenvalue weighted by atomic mass is 10.2. The number of rotatable bonds is 8. The van der Waals surface area contributed by atoms with Gasteiger partial charge in [-0.3, -0.25) is 4.98 Å². The van der Waals surface area contributed by atoms with E-state index in [9.17, 15) is 8.42 Å². The summed E-state index contributed by atoms with van der Waals surface area (Å²) >= 11 is 0. The van der Waals surface area contributed by atoms with Gasteiger partial charge in [0.15, 0.2) is 0 Å². The number of sulfonamides is 1. The first-order valence-electron chi connectivity index (χ1n) is 9.52. The molecular weight excluding hydrogens is 422 g/mol. The van der Waals surface area contributed by atoms with Gasteiger partial charge in [-0.2, -0.15) is 0 Å². The number of para-hydroxylation sites is 2. The monoisotopic (exact) mass is 445 g/mol. The number of imidazole rings is 1. The second-order valence-corrected chi connectivity index (χ2v) is 8.78. The molecule has 0 saturated carbocycles. The van der Waals surface area contributed by atoms with E-state index in [-0.39, 0.29) is 23.3 Å². The third kappa shape index (κ3) is 5.14. The maximum atomic E-state index is 12.7. The molecule has 0 bridgehead atoms. The summed E-state index contributed by atoms with van der Waals surface area (Å²) in [7, 11) is -3.59. The molecule has 2 aromatic heterocycles. The van der Waals surface area contributed by atoms with Crippen LogP contribution in [0.1, 0.15) is 12.7 Å². The predicted octanol–water partition coefficient (Wildman–Crippen LogP) is 3.03. The molecule has 0 saturated heterocycles. The minimum absolute atomic E-state index is 0. The summed E-state index contributed by atoms with van der Waals surface area (Å²) in [4.78, 5) is 12.1. The molecule has 0 fully saturated rings. The van der Waals surface area contributed by atoms with Crippen LogP contribution in [0.25, 0.3) is 21.8 Å². The number of nitrogens with one attached hydrogen (secondary N) is 3. The fourth-order valence-corrected chi connectivity index (χ4v) is 4.53. The number of H-pyrrole nitrogens is 1. The topological polar surface area (TPSA) is 99.8 Å². The lowest BCUT2D eigenvalue weighted by Crippen LogP contribution is -2.40. The Balaban J connectivity index is 0.00000256. The van der Waals surface area contributed by atoms with E-state index >= 15 is 0 Å². The summed E-state index contributed by atoms with van der Waals surface area (Å²) in [5.41, 5.74) is 1.98. The van der Waals surface area contributed by atoms with Crippen molar-refractivity contribution in [1.82, 2.24) is 25.0 Å². The standard InChI is InChI=1S/C21H23N5O2S.ClH/c1-15(13-22-11-9-21-24-19-4-2-3-5-20(19)25-21)26-29(27,28)18-7-6-17-14-23-10-8-16(17)12-18;/h2-8,10,12,14-15,22,26H,9,11,13H2,1H3,(H,24,25);1H/t15-;/m1./s1. The van der Waals surface area contributed by atoms with E-state index in [1.165, 1.54) is 0 Å². The normalized spacial score (nSPS) is 12.7. The van der Waals surface area contributed by atoms with Gasteiger partial charge >= 0.3 is 0 Å². The predicted molar refractivity (Wildman–Crippen MR) is 121 cm³/mol. The molecule has 0 aliphatic rings. The second kappa shape index (κ2) is 9.53. The van der Waals surface area contributed by atoms with Crippen molar-refractivity contribution in [1.29, 1.82) is 0 Å². The van der Waals surface area contributed by atoms with E-state index in [0.717, 1.165) is 34.1 Å². The van der Waals surface area contributed by atoms with Crippen molar-refractivity contribution in [3.63, 3.8) is 0 Å². The van der Waals surface area contributed by atoms with Crippen LogP contribution in [0, 0.1) is 0 Å². The van der Waals surface area contributed by atoms with Crippen molar-refractivity contribution in [2.75, 3.05) is 13.1 Å². The number of fused-ring (bicyclic) bond motifs is 2. The number of benzene rings is 2. The molecule has 7 nitrogen and oxygen atoms in total. The highest BCUT2D eigenvalue weighted by molar-refractivity contribution is 7.89. The molecule has 9 heteroatoms. The van der Waals surface area contributed by atoms with Gasteiger partial charge < -0.3 is 10.3 Å². The van der Waals surface area contributed by atoms with Crippen LogP contribution in [0.5, 0.6) is 0 Å². The average molecular weight is 446 g/mol. The smallest absolute Gasteiger partial charge is 0.240 e. The van der Waals surface area contributed by atoms with Crippen LogP contribution >= 0.6 is 12.4 Å². The molecule has 0 aliphatic carbocycles. The molecule has 2 aromatic carbocycles. The number of aromatic nitrogens is 3. The van der Waals surface area contributed by atoms with Gasteiger partial charge in [-0.15, -0.1) is 12.4 Å². The van der Waals surface area contributed by atoms with Crippen molar-refractivity contribution in [2.24, 2.45) is 0 Å². The van der Waals surface area contributed by atoms with Gasteiger partial charge in [-0.25, -0.2) is 18.1 Å². The Morgan fingerprint density at radius 2 is 1.93 bits per heavy atom. The zero-order chi connectivity index (χ0) is 20.3.